The zero-order valence-electron chi connectivity index (χ0n) is 9.34. The van der Waals surface area contributed by atoms with Crippen LogP contribution in [-0.2, 0) is 4.74 Å². The first-order valence-corrected chi connectivity index (χ1v) is 6.77. The summed E-state index contributed by atoms with van der Waals surface area (Å²) >= 11 is 3.50. The Morgan fingerprint density at radius 2 is 2.21 bits per heavy atom. The maximum absolute atomic E-state index is 5.62. The lowest BCUT2D eigenvalue weighted by Crippen LogP contribution is -2.34. The van der Waals surface area contributed by atoms with Crippen molar-refractivity contribution in [2.75, 3.05) is 25.0 Å². The molecule has 0 aromatic rings. The summed E-state index contributed by atoms with van der Waals surface area (Å²) in [5.41, 5.74) is 0. The molecule has 0 radical (unpaired) electrons. The second-order valence-corrected chi connectivity index (χ2v) is 5.04. The van der Waals surface area contributed by atoms with Crippen molar-refractivity contribution >= 4 is 15.9 Å². The summed E-state index contributed by atoms with van der Waals surface area (Å²) in [6.07, 6.45) is 4.25. The van der Waals surface area contributed by atoms with Crippen molar-refractivity contribution < 1.29 is 4.74 Å². The predicted molar refractivity (Wildman–Crippen MR) is 64.1 cm³/mol. The summed E-state index contributed by atoms with van der Waals surface area (Å²) in [6, 6.07) is 0.647. The molecule has 84 valence electrons. The van der Waals surface area contributed by atoms with E-state index in [1.807, 2.05) is 0 Å². The highest BCUT2D eigenvalue weighted by Gasteiger charge is 2.17. The molecule has 1 saturated heterocycles. The lowest BCUT2D eigenvalue weighted by molar-refractivity contribution is 0.0885. The number of alkyl halides is 1. The molecule has 0 saturated carbocycles. The standard InChI is InChI=1S/C11H22BrNO/c1-10(2)13(8-6-12)7-5-11-4-3-9-14-11/h10-11H,3-9H2,1-2H3. The first kappa shape index (κ1) is 12.5. The molecule has 1 rings (SSSR count). The van der Waals surface area contributed by atoms with Gasteiger partial charge in [-0.2, -0.15) is 0 Å². The van der Waals surface area contributed by atoms with Gasteiger partial charge in [-0.15, -0.1) is 0 Å². The molecule has 1 heterocycles. The van der Waals surface area contributed by atoms with Crippen molar-refractivity contribution in [2.24, 2.45) is 0 Å². The summed E-state index contributed by atoms with van der Waals surface area (Å²) in [7, 11) is 0. The third-order valence-electron chi connectivity index (χ3n) is 2.86. The lowest BCUT2D eigenvalue weighted by Gasteiger charge is -2.26. The molecular weight excluding hydrogens is 242 g/mol. The molecule has 1 aliphatic heterocycles. The summed E-state index contributed by atoms with van der Waals surface area (Å²) in [5, 5.41) is 1.07. The largest absolute Gasteiger partial charge is 0.378 e. The van der Waals surface area contributed by atoms with Crippen LogP contribution in [0, 0.1) is 0 Å². The fraction of sp³-hybridized carbons (Fsp3) is 1.00. The predicted octanol–water partition coefficient (Wildman–Crippen LogP) is 2.66. The molecule has 0 spiro atoms. The average molecular weight is 264 g/mol. The average Bonchev–Trinajstić information content (AvgIpc) is 2.64. The minimum absolute atomic E-state index is 0.534. The highest BCUT2D eigenvalue weighted by atomic mass is 79.9. The van der Waals surface area contributed by atoms with Gasteiger partial charge in [0.25, 0.3) is 0 Å². The molecule has 14 heavy (non-hydrogen) atoms. The van der Waals surface area contributed by atoms with E-state index in [0.717, 1.165) is 18.5 Å². The van der Waals surface area contributed by atoms with Crippen LogP contribution in [-0.4, -0.2) is 42.1 Å². The Balaban J connectivity index is 2.17. The van der Waals surface area contributed by atoms with Gasteiger partial charge in [0, 0.05) is 31.1 Å². The van der Waals surface area contributed by atoms with Crippen molar-refractivity contribution in [3.63, 3.8) is 0 Å². The third kappa shape index (κ3) is 4.28. The van der Waals surface area contributed by atoms with E-state index < -0.39 is 0 Å². The van der Waals surface area contributed by atoms with Crippen LogP contribution in [0.5, 0.6) is 0 Å². The Morgan fingerprint density at radius 3 is 2.71 bits per heavy atom. The summed E-state index contributed by atoms with van der Waals surface area (Å²) in [5.74, 6) is 0. The molecule has 1 unspecified atom stereocenters. The molecule has 3 heteroatoms. The molecule has 1 atom stereocenters. The third-order valence-corrected chi connectivity index (χ3v) is 3.22. The minimum atomic E-state index is 0.534. The highest BCUT2D eigenvalue weighted by Crippen LogP contribution is 2.16. The van der Waals surface area contributed by atoms with Crippen LogP contribution in [0.3, 0.4) is 0 Å². The zero-order chi connectivity index (χ0) is 10.4. The second kappa shape index (κ2) is 6.81. The van der Waals surface area contributed by atoms with Gasteiger partial charge in [0.15, 0.2) is 0 Å². The number of hydrogen-bond donors (Lipinski definition) is 0. The molecule has 2 nitrogen and oxygen atoms in total. The van der Waals surface area contributed by atoms with E-state index in [1.54, 1.807) is 0 Å². The van der Waals surface area contributed by atoms with E-state index in [1.165, 1.54) is 25.8 Å². The van der Waals surface area contributed by atoms with Crippen LogP contribution < -0.4 is 0 Å². The Labute approximate surface area is 96.1 Å². The van der Waals surface area contributed by atoms with Crippen LogP contribution in [0.15, 0.2) is 0 Å². The Hall–Kier alpha value is 0.400. The lowest BCUT2D eigenvalue weighted by atomic mass is 10.1. The van der Waals surface area contributed by atoms with Gasteiger partial charge >= 0.3 is 0 Å². The smallest absolute Gasteiger partial charge is 0.0588 e. The SMILES string of the molecule is CC(C)N(CCBr)CCC1CCCO1. The van der Waals surface area contributed by atoms with Crippen LogP contribution in [0.1, 0.15) is 33.1 Å². The van der Waals surface area contributed by atoms with E-state index in [0.29, 0.717) is 12.1 Å². The van der Waals surface area contributed by atoms with Crippen LogP contribution in [0.25, 0.3) is 0 Å². The molecule has 0 bridgehead atoms. The van der Waals surface area contributed by atoms with Gasteiger partial charge in [-0.25, -0.2) is 0 Å². The Kier molecular flexibility index (Phi) is 6.06. The Bertz CT molecular complexity index is 146. The summed E-state index contributed by atoms with van der Waals surface area (Å²) < 4.78 is 5.62. The van der Waals surface area contributed by atoms with E-state index in [4.69, 9.17) is 4.74 Å². The van der Waals surface area contributed by atoms with Gasteiger partial charge in [-0.05, 0) is 33.1 Å². The van der Waals surface area contributed by atoms with Gasteiger partial charge in [-0.1, -0.05) is 15.9 Å². The van der Waals surface area contributed by atoms with Crippen LogP contribution in [0.4, 0.5) is 0 Å². The fourth-order valence-corrected chi connectivity index (χ4v) is 2.37. The Morgan fingerprint density at radius 1 is 1.43 bits per heavy atom. The molecule has 0 N–H and O–H groups in total. The number of halogens is 1. The maximum atomic E-state index is 5.62. The maximum Gasteiger partial charge on any atom is 0.0588 e. The van der Waals surface area contributed by atoms with Crippen LogP contribution in [0.2, 0.25) is 0 Å². The van der Waals surface area contributed by atoms with E-state index in [-0.39, 0.29) is 0 Å². The monoisotopic (exact) mass is 263 g/mol. The number of hydrogen-bond acceptors (Lipinski definition) is 2. The van der Waals surface area contributed by atoms with Crippen molar-refractivity contribution in [2.45, 2.75) is 45.3 Å². The fourth-order valence-electron chi connectivity index (χ4n) is 1.92. The molecule has 1 aliphatic rings. The number of ether oxygens (including phenoxy) is 1. The van der Waals surface area contributed by atoms with Gasteiger partial charge in [0.05, 0.1) is 6.10 Å². The van der Waals surface area contributed by atoms with Gasteiger partial charge in [0.2, 0.25) is 0 Å². The number of rotatable bonds is 6. The van der Waals surface area contributed by atoms with Crippen molar-refractivity contribution in [1.29, 1.82) is 0 Å². The second-order valence-electron chi connectivity index (χ2n) is 4.24. The normalized spacial score (nSPS) is 22.5. The highest BCUT2D eigenvalue weighted by molar-refractivity contribution is 9.09. The van der Waals surface area contributed by atoms with E-state index in [2.05, 4.69) is 34.7 Å². The van der Waals surface area contributed by atoms with Crippen molar-refractivity contribution in [3.8, 4) is 0 Å². The summed E-state index contributed by atoms with van der Waals surface area (Å²) in [4.78, 5) is 2.51. The molecule has 0 aliphatic carbocycles. The molecule has 0 aromatic carbocycles. The van der Waals surface area contributed by atoms with Crippen LogP contribution >= 0.6 is 15.9 Å². The number of nitrogens with zero attached hydrogens (tertiary/aromatic N) is 1. The van der Waals surface area contributed by atoms with Gasteiger partial charge in [0.1, 0.15) is 0 Å². The molecule has 0 aromatic heterocycles. The van der Waals surface area contributed by atoms with E-state index in [9.17, 15) is 0 Å². The topological polar surface area (TPSA) is 12.5 Å². The molecule has 0 amide bonds. The van der Waals surface area contributed by atoms with Crippen molar-refractivity contribution in [3.05, 3.63) is 0 Å². The minimum Gasteiger partial charge on any atom is -0.378 e. The molecular formula is C11H22BrNO. The zero-order valence-corrected chi connectivity index (χ0v) is 10.9. The van der Waals surface area contributed by atoms with E-state index >= 15 is 0 Å². The molecule has 1 fully saturated rings. The first-order chi connectivity index (χ1) is 6.74. The van der Waals surface area contributed by atoms with Crippen molar-refractivity contribution in [1.82, 2.24) is 4.90 Å². The first-order valence-electron chi connectivity index (χ1n) is 5.65. The van der Waals surface area contributed by atoms with Gasteiger partial charge in [-0.3, -0.25) is 0 Å². The van der Waals surface area contributed by atoms with Gasteiger partial charge < -0.3 is 9.64 Å². The quantitative estimate of drug-likeness (QED) is 0.684. The summed E-state index contributed by atoms with van der Waals surface area (Å²) in [6.45, 7) is 7.82.